The highest BCUT2D eigenvalue weighted by Crippen LogP contribution is 2.25. The topological polar surface area (TPSA) is 77.1 Å². The molecule has 1 heterocycles. The summed E-state index contributed by atoms with van der Waals surface area (Å²) < 4.78 is 1.82. The second kappa shape index (κ2) is 6.50. The van der Waals surface area contributed by atoms with E-state index in [1.807, 2.05) is 43.7 Å². The van der Waals surface area contributed by atoms with Gasteiger partial charge >= 0.3 is 0 Å². The summed E-state index contributed by atoms with van der Waals surface area (Å²) in [5.74, 6) is -0.670. The maximum absolute atomic E-state index is 12.8. The fraction of sp³-hybridized carbons (Fsp3) is 0.200. The number of fused-ring (bicyclic) bond motifs is 1. The lowest BCUT2D eigenvalue weighted by molar-refractivity contribution is 0.0903. The van der Waals surface area contributed by atoms with Crippen LogP contribution in [0.2, 0.25) is 5.02 Å². The van der Waals surface area contributed by atoms with E-state index < -0.39 is 11.4 Å². The number of amides is 2. The van der Waals surface area contributed by atoms with Crippen LogP contribution in [0.15, 0.2) is 48.5 Å². The number of nitrogens with two attached hydrogens (primary N) is 1. The van der Waals surface area contributed by atoms with Gasteiger partial charge in [-0.1, -0.05) is 29.8 Å². The Balaban J connectivity index is 1.88. The van der Waals surface area contributed by atoms with Crippen molar-refractivity contribution in [3.05, 3.63) is 70.4 Å². The van der Waals surface area contributed by atoms with Crippen molar-refractivity contribution in [1.82, 2.24) is 9.88 Å². The average molecular weight is 370 g/mol. The number of nitrogens with one attached hydrogen (secondary N) is 1. The minimum Gasteiger partial charge on any atom is -0.366 e. The molecule has 2 aromatic carbocycles. The van der Waals surface area contributed by atoms with Crippen LogP contribution in [0.1, 0.15) is 40.3 Å². The number of primary amides is 1. The number of nitrogens with zero attached hydrogens (tertiary/aromatic N) is 1. The van der Waals surface area contributed by atoms with Gasteiger partial charge < -0.3 is 15.6 Å². The fourth-order valence-electron chi connectivity index (χ4n) is 2.99. The molecule has 0 aliphatic heterocycles. The normalized spacial score (nSPS) is 11.5. The molecule has 0 atom stereocenters. The quantitative estimate of drug-likeness (QED) is 0.737. The summed E-state index contributed by atoms with van der Waals surface area (Å²) in [4.78, 5) is 24.1. The van der Waals surface area contributed by atoms with Gasteiger partial charge in [0, 0.05) is 28.5 Å². The van der Waals surface area contributed by atoms with Crippen LogP contribution in [-0.4, -0.2) is 16.4 Å². The molecule has 0 saturated heterocycles. The molecule has 3 rings (SSSR count). The van der Waals surface area contributed by atoms with E-state index in [9.17, 15) is 9.59 Å². The van der Waals surface area contributed by atoms with Gasteiger partial charge in [-0.15, -0.1) is 0 Å². The van der Waals surface area contributed by atoms with E-state index in [2.05, 4.69) is 5.32 Å². The number of aromatic nitrogens is 1. The van der Waals surface area contributed by atoms with Gasteiger partial charge in [0.15, 0.2) is 0 Å². The Kier molecular flexibility index (Phi) is 4.50. The van der Waals surface area contributed by atoms with Crippen molar-refractivity contribution in [3.63, 3.8) is 0 Å². The third-order valence-electron chi connectivity index (χ3n) is 4.56. The van der Waals surface area contributed by atoms with Crippen LogP contribution in [-0.2, 0) is 12.6 Å². The molecule has 3 aromatic rings. The Labute approximate surface area is 156 Å². The van der Waals surface area contributed by atoms with Gasteiger partial charge in [0.2, 0.25) is 5.91 Å². The largest absolute Gasteiger partial charge is 0.366 e. The molecule has 0 aliphatic rings. The van der Waals surface area contributed by atoms with Crippen molar-refractivity contribution in [2.75, 3.05) is 0 Å². The second-order valence-electron chi connectivity index (χ2n) is 6.81. The number of halogens is 1. The summed E-state index contributed by atoms with van der Waals surface area (Å²) in [6, 6.07) is 14.3. The highest BCUT2D eigenvalue weighted by molar-refractivity contribution is 6.31. The van der Waals surface area contributed by atoms with Gasteiger partial charge in [-0.3, -0.25) is 9.59 Å². The van der Waals surface area contributed by atoms with Crippen LogP contribution >= 0.6 is 11.6 Å². The van der Waals surface area contributed by atoms with Crippen LogP contribution in [0.5, 0.6) is 0 Å². The Morgan fingerprint density at radius 2 is 1.73 bits per heavy atom. The van der Waals surface area contributed by atoms with E-state index in [1.54, 1.807) is 30.3 Å². The average Bonchev–Trinajstić information content (AvgIpc) is 2.91. The maximum Gasteiger partial charge on any atom is 0.268 e. The standard InChI is InChI=1S/C20H20ClN3O2/c1-20(2,14-7-4-12(5-8-14)18(22)25)23-19(26)17-10-13-6-9-15(21)11-16(13)24(17)3/h4-11H,1-3H3,(H2,22,25)(H,23,26). The lowest BCUT2D eigenvalue weighted by atomic mass is 9.93. The molecule has 0 radical (unpaired) electrons. The summed E-state index contributed by atoms with van der Waals surface area (Å²) in [5, 5.41) is 4.62. The predicted octanol–water partition coefficient (Wildman–Crippen LogP) is 3.60. The molecule has 0 aliphatic carbocycles. The van der Waals surface area contributed by atoms with E-state index in [1.165, 1.54) is 0 Å². The first-order valence-corrected chi connectivity index (χ1v) is 8.55. The SMILES string of the molecule is Cn1c(C(=O)NC(C)(C)c2ccc(C(N)=O)cc2)cc2ccc(Cl)cc21. The first kappa shape index (κ1) is 18.0. The first-order chi connectivity index (χ1) is 12.2. The van der Waals surface area contributed by atoms with Crippen molar-refractivity contribution in [2.24, 2.45) is 12.8 Å². The van der Waals surface area contributed by atoms with Crippen molar-refractivity contribution in [2.45, 2.75) is 19.4 Å². The molecule has 0 unspecified atom stereocenters. The van der Waals surface area contributed by atoms with Crippen LogP contribution in [0.3, 0.4) is 0 Å². The Morgan fingerprint density at radius 1 is 1.08 bits per heavy atom. The lowest BCUT2D eigenvalue weighted by Gasteiger charge is -2.27. The molecular weight excluding hydrogens is 350 g/mol. The first-order valence-electron chi connectivity index (χ1n) is 8.17. The zero-order valence-electron chi connectivity index (χ0n) is 14.8. The van der Waals surface area contributed by atoms with Crippen molar-refractivity contribution >= 4 is 34.3 Å². The Bertz CT molecular complexity index is 1000. The van der Waals surface area contributed by atoms with E-state index in [0.717, 1.165) is 16.5 Å². The number of carbonyl (C=O) groups excluding carboxylic acids is 2. The Hall–Kier alpha value is -2.79. The van der Waals surface area contributed by atoms with E-state index in [4.69, 9.17) is 17.3 Å². The van der Waals surface area contributed by atoms with Crippen LogP contribution in [0.25, 0.3) is 10.9 Å². The molecule has 3 N–H and O–H groups in total. The smallest absolute Gasteiger partial charge is 0.268 e. The van der Waals surface area contributed by atoms with E-state index in [-0.39, 0.29) is 5.91 Å². The molecule has 0 bridgehead atoms. The zero-order chi connectivity index (χ0) is 19.1. The van der Waals surface area contributed by atoms with Gasteiger partial charge in [0.05, 0.1) is 5.54 Å². The number of aryl methyl sites for hydroxylation is 1. The number of hydrogen-bond donors (Lipinski definition) is 2. The monoisotopic (exact) mass is 369 g/mol. The predicted molar refractivity (Wildman–Crippen MR) is 103 cm³/mol. The zero-order valence-corrected chi connectivity index (χ0v) is 15.6. The molecule has 0 saturated carbocycles. The van der Waals surface area contributed by atoms with Crippen LogP contribution in [0, 0.1) is 0 Å². The fourth-order valence-corrected chi connectivity index (χ4v) is 3.16. The highest BCUT2D eigenvalue weighted by atomic mass is 35.5. The van der Waals surface area contributed by atoms with Crippen LogP contribution < -0.4 is 11.1 Å². The summed E-state index contributed by atoms with van der Waals surface area (Å²) >= 11 is 6.05. The third-order valence-corrected chi connectivity index (χ3v) is 4.79. The molecule has 6 heteroatoms. The lowest BCUT2D eigenvalue weighted by Crippen LogP contribution is -2.41. The molecule has 0 fully saturated rings. The van der Waals surface area contributed by atoms with Crippen LogP contribution in [0.4, 0.5) is 0 Å². The van der Waals surface area contributed by atoms with Crippen molar-refractivity contribution < 1.29 is 9.59 Å². The minimum absolute atomic E-state index is 0.191. The Morgan fingerprint density at radius 3 is 2.35 bits per heavy atom. The molecule has 2 amide bonds. The minimum atomic E-state index is -0.624. The van der Waals surface area contributed by atoms with Gasteiger partial charge in [0.1, 0.15) is 5.69 Å². The maximum atomic E-state index is 12.8. The molecule has 5 nitrogen and oxygen atoms in total. The van der Waals surface area contributed by atoms with Gasteiger partial charge in [-0.25, -0.2) is 0 Å². The van der Waals surface area contributed by atoms with E-state index >= 15 is 0 Å². The number of benzene rings is 2. The van der Waals surface area contributed by atoms with Gasteiger partial charge in [0.25, 0.3) is 5.91 Å². The molecule has 0 spiro atoms. The van der Waals surface area contributed by atoms with Gasteiger partial charge in [-0.05, 0) is 49.7 Å². The van der Waals surface area contributed by atoms with Crippen molar-refractivity contribution in [3.8, 4) is 0 Å². The molecule has 1 aromatic heterocycles. The number of rotatable bonds is 4. The summed E-state index contributed by atoms with van der Waals surface area (Å²) in [7, 11) is 1.84. The molecular formula is C20H20ClN3O2. The number of hydrogen-bond acceptors (Lipinski definition) is 2. The third kappa shape index (κ3) is 3.30. The summed E-state index contributed by atoms with van der Waals surface area (Å²) in [6.45, 7) is 3.81. The van der Waals surface area contributed by atoms with Gasteiger partial charge in [-0.2, -0.15) is 0 Å². The highest BCUT2D eigenvalue weighted by Gasteiger charge is 2.25. The number of carbonyl (C=O) groups is 2. The molecule has 134 valence electrons. The summed E-state index contributed by atoms with van der Waals surface area (Å²) in [5.41, 5.74) is 7.39. The molecule has 26 heavy (non-hydrogen) atoms. The van der Waals surface area contributed by atoms with E-state index in [0.29, 0.717) is 16.3 Å². The summed E-state index contributed by atoms with van der Waals surface area (Å²) in [6.07, 6.45) is 0. The van der Waals surface area contributed by atoms with Crippen molar-refractivity contribution in [1.29, 1.82) is 0 Å². The second-order valence-corrected chi connectivity index (χ2v) is 7.25.